The number of benzene rings is 1. The standard InChI is InChI=1S/C18H28N2O3S/c1-15(2)8-10-20-18(9-11-19(14-18)12-13-23-3)16-6-4-5-7-17(16)24(20,21)22/h4-7,15H,8-14H2,1-3H3/t18-/m1/s1. The maximum absolute atomic E-state index is 13.2. The molecule has 0 radical (unpaired) electrons. The third kappa shape index (κ3) is 2.90. The summed E-state index contributed by atoms with van der Waals surface area (Å²) < 4.78 is 33.3. The van der Waals surface area contributed by atoms with Crippen molar-refractivity contribution in [1.29, 1.82) is 0 Å². The highest BCUT2D eigenvalue weighted by molar-refractivity contribution is 7.89. The first-order chi connectivity index (χ1) is 11.4. The molecule has 0 N–H and O–H groups in total. The number of sulfonamides is 1. The van der Waals surface area contributed by atoms with Crippen LogP contribution in [0.5, 0.6) is 0 Å². The molecular weight excluding hydrogens is 324 g/mol. The molecule has 2 heterocycles. The molecule has 134 valence electrons. The molecule has 24 heavy (non-hydrogen) atoms. The highest BCUT2D eigenvalue weighted by Crippen LogP contribution is 2.49. The lowest BCUT2D eigenvalue weighted by molar-refractivity contribution is 0.142. The van der Waals surface area contributed by atoms with Gasteiger partial charge in [-0.1, -0.05) is 32.0 Å². The molecule has 1 fully saturated rings. The highest BCUT2D eigenvalue weighted by atomic mass is 32.2. The summed E-state index contributed by atoms with van der Waals surface area (Å²) in [6.07, 6.45) is 1.73. The molecule has 1 spiro atoms. The molecule has 6 heteroatoms. The average molecular weight is 353 g/mol. The van der Waals surface area contributed by atoms with E-state index in [9.17, 15) is 8.42 Å². The minimum Gasteiger partial charge on any atom is -0.383 e. The van der Waals surface area contributed by atoms with Gasteiger partial charge < -0.3 is 4.74 Å². The zero-order valence-electron chi connectivity index (χ0n) is 14.9. The number of hydrogen-bond acceptors (Lipinski definition) is 4. The summed E-state index contributed by atoms with van der Waals surface area (Å²) in [4.78, 5) is 2.83. The second kappa shape index (κ2) is 6.75. The van der Waals surface area contributed by atoms with Crippen molar-refractivity contribution in [2.24, 2.45) is 5.92 Å². The molecule has 1 aromatic rings. The Balaban J connectivity index is 1.97. The van der Waals surface area contributed by atoms with Crippen LogP contribution in [0.15, 0.2) is 29.2 Å². The van der Waals surface area contributed by atoms with Crippen LogP contribution in [0.4, 0.5) is 0 Å². The third-order valence-electron chi connectivity index (χ3n) is 5.28. The number of nitrogens with zero attached hydrogens (tertiary/aromatic N) is 2. The number of rotatable bonds is 6. The van der Waals surface area contributed by atoms with Crippen molar-refractivity contribution in [3.05, 3.63) is 29.8 Å². The topological polar surface area (TPSA) is 49.9 Å². The monoisotopic (exact) mass is 352 g/mol. The molecule has 0 saturated carbocycles. The molecule has 1 saturated heterocycles. The Kier molecular flexibility index (Phi) is 5.02. The van der Waals surface area contributed by atoms with Crippen molar-refractivity contribution in [3.8, 4) is 0 Å². The lowest BCUT2D eigenvalue weighted by Crippen LogP contribution is -2.46. The van der Waals surface area contributed by atoms with E-state index < -0.39 is 15.6 Å². The smallest absolute Gasteiger partial charge is 0.244 e. The summed E-state index contributed by atoms with van der Waals surface area (Å²) in [5.41, 5.74) is 0.576. The van der Waals surface area contributed by atoms with Crippen LogP contribution in [0.2, 0.25) is 0 Å². The summed E-state index contributed by atoms with van der Waals surface area (Å²) >= 11 is 0. The van der Waals surface area contributed by atoms with Crippen LogP contribution in [-0.4, -0.2) is 57.5 Å². The number of ether oxygens (including phenoxy) is 1. The van der Waals surface area contributed by atoms with E-state index in [0.717, 1.165) is 38.0 Å². The van der Waals surface area contributed by atoms with E-state index in [4.69, 9.17) is 4.74 Å². The van der Waals surface area contributed by atoms with E-state index in [1.54, 1.807) is 17.5 Å². The molecule has 0 amide bonds. The summed E-state index contributed by atoms with van der Waals surface area (Å²) in [7, 11) is -1.70. The van der Waals surface area contributed by atoms with Gasteiger partial charge in [0.2, 0.25) is 10.0 Å². The van der Waals surface area contributed by atoms with Gasteiger partial charge in [0.05, 0.1) is 17.0 Å². The summed E-state index contributed by atoms with van der Waals surface area (Å²) in [6.45, 7) is 8.06. The summed E-state index contributed by atoms with van der Waals surface area (Å²) in [5.74, 6) is 0.479. The zero-order chi connectivity index (χ0) is 17.4. The molecule has 3 rings (SSSR count). The third-order valence-corrected chi connectivity index (χ3v) is 7.31. The fraction of sp³-hybridized carbons (Fsp3) is 0.667. The van der Waals surface area contributed by atoms with Gasteiger partial charge >= 0.3 is 0 Å². The molecule has 2 aliphatic heterocycles. The van der Waals surface area contributed by atoms with E-state index in [0.29, 0.717) is 24.0 Å². The Morgan fingerprint density at radius 2 is 2.00 bits per heavy atom. The minimum absolute atomic E-state index is 0.405. The average Bonchev–Trinajstić information content (AvgIpc) is 3.04. The Morgan fingerprint density at radius 3 is 2.71 bits per heavy atom. The van der Waals surface area contributed by atoms with Crippen molar-refractivity contribution < 1.29 is 13.2 Å². The molecule has 0 bridgehead atoms. The van der Waals surface area contributed by atoms with E-state index in [1.165, 1.54) is 0 Å². The van der Waals surface area contributed by atoms with E-state index >= 15 is 0 Å². The van der Waals surface area contributed by atoms with Gasteiger partial charge in [-0.05, 0) is 30.4 Å². The molecule has 5 nitrogen and oxygen atoms in total. The Morgan fingerprint density at radius 1 is 1.25 bits per heavy atom. The van der Waals surface area contributed by atoms with Crippen molar-refractivity contribution in [2.45, 2.75) is 37.1 Å². The number of hydrogen-bond donors (Lipinski definition) is 0. The van der Waals surface area contributed by atoms with Crippen LogP contribution in [0, 0.1) is 5.92 Å². The van der Waals surface area contributed by atoms with Crippen LogP contribution >= 0.6 is 0 Å². The van der Waals surface area contributed by atoms with Crippen LogP contribution in [-0.2, 0) is 20.3 Å². The van der Waals surface area contributed by atoms with E-state index in [-0.39, 0.29) is 0 Å². The van der Waals surface area contributed by atoms with Gasteiger partial charge in [-0.2, -0.15) is 4.31 Å². The molecule has 1 aromatic carbocycles. The van der Waals surface area contributed by atoms with Crippen molar-refractivity contribution >= 4 is 10.0 Å². The lowest BCUT2D eigenvalue weighted by atomic mass is 9.88. The van der Waals surface area contributed by atoms with Gasteiger partial charge in [-0.25, -0.2) is 8.42 Å². The Hall–Kier alpha value is -0.950. The van der Waals surface area contributed by atoms with Crippen molar-refractivity contribution in [1.82, 2.24) is 9.21 Å². The number of methoxy groups -OCH3 is 1. The Bertz CT molecular complexity index is 689. The highest BCUT2D eigenvalue weighted by Gasteiger charge is 2.56. The van der Waals surface area contributed by atoms with E-state index in [1.807, 2.05) is 18.2 Å². The number of likely N-dealkylation sites (tertiary alicyclic amines) is 1. The molecule has 2 aliphatic rings. The first-order valence-electron chi connectivity index (χ1n) is 8.75. The van der Waals surface area contributed by atoms with Gasteiger partial charge in [0.15, 0.2) is 0 Å². The van der Waals surface area contributed by atoms with Gasteiger partial charge in [0, 0.05) is 33.3 Å². The van der Waals surface area contributed by atoms with Gasteiger partial charge in [-0.15, -0.1) is 0 Å². The van der Waals surface area contributed by atoms with Gasteiger partial charge in [-0.3, -0.25) is 4.90 Å². The second-order valence-electron chi connectivity index (χ2n) is 7.31. The van der Waals surface area contributed by atoms with E-state index in [2.05, 4.69) is 18.7 Å². The second-order valence-corrected chi connectivity index (χ2v) is 9.14. The van der Waals surface area contributed by atoms with Crippen molar-refractivity contribution in [2.75, 3.05) is 39.9 Å². The summed E-state index contributed by atoms with van der Waals surface area (Å²) in [5, 5.41) is 0. The maximum Gasteiger partial charge on any atom is 0.244 e. The predicted octanol–water partition coefficient (Wildman–Crippen LogP) is 2.28. The van der Waals surface area contributed by atoms with Crippen molar-refractivity contribution in [3.63, 3.8) is 0 Å². The van der Waals surface area contributed by atoms with Crippen LogP contribution in [0.3, 0.4) is 0 Å². The molecule has 1 atom stereocenters. The molecule has 0 aromatic heterocycles. The van der Waals surface area contributed by atoms with Crippen LogP contribution < -0.4 is 0 Å². The molecule has 0 aliphatic carbocycles. The zero-order valence-corrected chi connectivity index (χ0v) is 15.7. The van der Waals surface area contributed by atoms with Gasteiger partial charge in [0.25, 0.3) is 0 Å². The minimum atomic E-state index is -3.40. The fourth-order valence-electron chi connectivity index (χ4n) is 3.97. The maximum atomic E-state index is 13.2. The first-order valence-corrected chi connectivity index (χ1v) is 10.2. The molecule has 0 unspecified atom stereocenters. The predicted molar refractivity (Wildman–Crippen MR) is 94.4 cm³/mol. The number of fused-ring (bicyclic) bond motifs is 2. The molecular formula is C18H28N2O3S. The normalized spacial score (nSPS) is 26.5. The van der Waals surface area contributed by atoms with Gasteiger partial charge in [0.1, 0.15) is 0 Å². The SMILES string of the molecule is COCCN1CC[C@@]2(C1)c1ccccc1S(=O)(=O)N2CCC(C)C. The van der Waals surface area contributed by atoms with Crippen LogP contribution in [0.25, 0.3) is 0 Å². The lowest BCUT2D eigenvalue weighted by Gasteiger charge is -2.34. The quantitative estimate of drug-likeness (QED) is 0.788. The Labute approximate surface area is 145 Å². The largest absolute Gasteiger partial charge is 0.383 e. The first kappa shape index (κ1) is 17.9. The van der Waals surface area contributed by atoms with Crippen LogP contribution in [0.1, 0.15) is 32.3 Å². The fourth-order valence-corrected chi connectivity index (χ4v) is 6.05. The summed E-state index contributed by atoms with van der Waals surface area (Å²) in [6, 6.07) is 7.55.